The van der Waals surface area contributed by atoms with E-state index >= 15 is 0 Å². The highest BCUT2D eigenvalue weighted by Gasteiger charge is 2.13. The van der Waals surface area contributed by atoms with E-state index in [0.717, 1.165) is 11.3 Å². The van der Waals surface area contributed by atoms with E-state index in [4.69, 9.17) is 5.73 Å². The van der Waals surface area contributed by atoms with Gasteiger partial charge in [0, 0.05) is 0 Å². The predicted octanol–water partition coefficient (Wildman–Crippen LogP) is 1.57. The first-order chi connectivity index (χ1) is 8.58. The number of nitrogen functional groups attached to an aromatic ring is 1. The summed E-state index contributed by atoms with van der Waals surface area (Å²) in [4.78, 5) is 0. The number of nitrogens with one attached hydrogen (secondary N) is 1. The molecule has 0 bridgehead atoms. The van der Waals surface area contributed by atoms with Crippen molar-refractivity contribution in [3.8, 4) is 0 Å². The molecule has 1 unspecified atom stereocenters. The molecule has 1 heterocycles. The minimum absolute atomic E-state index is 0.576. The monoisotopic (exact) mass is 246 g/mol. The van der Waals surface area contributed by atoms with Gasteiger partial charge in [0.2, 0.25) is 0 Å². The van der Waals surface area contributed by atoms with Crippen LogP contribution < -0.4 is 11.1 Å². The van der Waals surface area contributed by atoms with Crippen LogP contribution in [0.15, 0.2) is 30.3 Å². The average molecular weight is 246 g/mol. The van der Waals surface area contributed by atoms with Crippen LogP contribution in [0.2, 0.25) is 0 Å². The molecule has 1 atom stereocenters. The molecule has 2 aromatic rings. The Bertz CT molecular complexity index is 519. The molecule has 0 aliphatic carbocycles. The van der Waals surface area contributed by atoms with Crippen LogP contribution in [-0.4, -0.2) is 21.1 Å². The van der Waals surface area contributed by atoms with Crippen molar-refractivity contribution in [2.75, 3.05) is 11.1 Å². The summed E-state index contributed by atoms with van der Waals surface area (Å²) in [7, 11) is 0. The zero-order chi connectivity index (χ0) is 13.1. The molecule has 0 saturated carbocycles. The molecule has 96 valence electrons. The molecule has 0 spiro atoms. The SMILES string of the molecule is Cc1nn(Cc2ccccc2)c(NC(C)O)c1N. The van der Waals surface area contributed by atoms with Gasteiger partial charge in [0.15, 0.2) is 0 Å². The van der Waals surface area contributed by atoms with Gasteiger partial charge in [0.05, 0.1) is 17.9 Å². The third kappa shape index (κ3) is 2.62. The van der Waals surface area contributed by atoms with E-state index in [-0.39, 0.29) is 0 Å². The van der Waals surface area contributed by atoms with E-state index in [1.807, 2.05) is 37.3 Å². The predicted molar refractivity (Wildman–Crippen MR) is 72.2 cm³/mol. The Kier molecular flexibility index (Phi) is 3.53. The van der Waals surface area contributed by atoms with Gasteiger partial charge in [-0.25, -0.2) is 4.68 Å². The highest BCUT2D eigenvalue weighted by Crippen LogP contribution is 2.23. The second kappa shape index (κ2) is 5.10. The van der Waals surface area contributed by atoms with Gasteiger partial charge in [-0.05, 0) is 19.4 Å². The minimum atomic E-state index is -0.669. The number of nitrogens with two attached hydrogens (primary N) is 1. The van der Waals surface area contributed by atoms with Crippen molar-refractivity contribution in [3.05, 3.63) is 41.6 Å². The van der Waals surface area contributed by atoms with Crippen LogP contribution in [0.5, 0.6) is 0 Å². The Morgan fingerprint density at radius 2 is 2.06 bits per heavy atom. The topological polar surface area (TPSA) is 76.1 Å². The smallest absolute Gasteiger partial charge is 0.150 e. The number of anilines is 2. The van der Waals surface area contributed by atoms with Crippen molar-refractivity contribution in [3.63, 3.8) is 0 Å². The molecular formula is C13H18N4O. The van der Waals surface area contributed by atoms with Crippen LogP contribution >= 0.6 is 0 Å². The fraction of sp³-hybridized carbons (Fsp3) is 0.308. The summed E-state index contributed by atoms with van der Waals surface area (Å²) in [5.41, 5.74) is 8.42. The molecule has 1 aromatic heterocycles. The maximum absolute atomic E-state index is 9.42. The lowest BCUT2D eigenvalue weighted by Gasteiger charge is -2.12. The van der Waals surface area contributed by atoms with E-state index in [2.05, 4.69) is 10.4 Å². The normalized spacial score (nSPS) is 12.4. The summed E-state index contributed by atoms with van der Waals surface area (Å²) in [6.45, 7) is 4.12. The molecule has 5 heteroatoms. The number of nitrogens with zero attached hydrogens (tertiary/aromatic N) is 2. The highest BCUT2D eigenvalue weighted by atomic mass is 16.3. The van der Waals surface area contributed by atoms with Gasteiger partial charge in [0.1, 0.15) is 12.0 Å². The lowest BCUT2D eigenvalue weighted by atomic mass is 10.2. The summed E-state index contributed by atoms with van der Waals surface area (Å²) >= 11 is 0. The van der Waals surface area contributed by atoms with Crippen molar-refractivity contribution >= 4 is 11.5 Å². The zero-order valence-corrected chi connectivity index (χ0v) is 10.6. The molecule has 0 radical (unpaired) electrons. The number of hydrogen-bond acceptors (Lipinski definition) is 4. The maximum atomic E-state index is 9.42. The average Bonchev–Trinajstić information content (AvgIpc) is 2.58. The number of benzene rings is 1. The van der Waals surface area contributed by atoms with Gasteiger partial charge in [-0.3, -0.25) is 0 Å². The van der Waals surface area contributed by atoms with Gasteiger partial charge in [-0.1, -0.05) is 30.3 Å². The standard InChI is InChI=1S/C13H18N4O/c1-9-12(14)13(15-10(2)18)17(16-9)8-11-6-4-3-5-7-11/h3-7,10,15,18H,8,14H2,1-2H3. The van der Waals surface area contributed by atoms with E-state index in [9.17, 15) is 5.11 Å². The number of aliphatic hydroxyl groups excluding tert-OH is 1. The van der Waals surface area contributed by atoms with Gasteiger partial charge >= 0.3 is 0 Å². The Morgan fingerprint density at radius 3 is 2.67 bits per heavy atom. The van der Waals surface area contributed by atoms with E-state index < -0.39 is 6.23 Å². The third-order valence-corrected chi connectivity index (χ3v) is 2.69. The van der Waals surface area contributed by atoms with Gasteiger partial charge in [-0.2, -0.15) is 5.10 Å². The maximum Gasteiger partial charge on any atom is 0.150 e. The Labute approximate surface area is 106 Å². The van der Waals surface area contributed by atoms with Crippen LogP contribution in [0, 0.1) is 6.92 Å². The molecule has 0 aliphatic heterocycles. The second-order valence-electron chi connectivity index (χ2n) is 4.31. The lowest BCUT2D eigenvalue weighted by molar-refractivity contribution is 0.223. The molecule has 4 N–H and O–H groups in total. The Morgan fingerprint density at radius 1 is 1.39 bits per heavy atom. The summed E-state index contributed by atoms with van der Waals surface area (Å²) in [5, 5.41) is 16.7. The van der Waals surface area contributed by atoms with E-state index in [1.54, 1.807) is 11.6 Å². The first-order valence-corrected chi connectivity index (χ1v) is 5.89. The molecule has 0 fully saturated rings. The van der Waals surface area contributed by atoms with Crippen molar-refractivity contribution in [2.45, 2.75) is 26.6 Å². The third-order valence-electron chi connectivity index (χ3n) is 2.69. The van der Waals surface area contributed by atoms with Crippen LogP contribution in [0.3, 0.4) is 0 Å². The summed E-state index contributed by atoms with van der Waals surface area (Å²) in [5.74, 6) is 0.659. The fourth-order valence-corrected chi connectivity index (χ4v) is 1.82. The van der Waals surface area contributed by atoms with Crippen LogP contribution in [0.4, 0.5) is 11.5 Å². The lowest BCUT2D eigenvalue weighted by Crippen LogP contribution is -2.18. The number of aliphatic hydroxyl groups is 1. The second-order valence-corrected chi connectivity index (χ2v) is 4.31. The number of aryl methyl sites for hydroxylation is 1. The first kappa shape index (κ1) is 12.4. The van der Waals surface area contributed by atoms with Crippen molar-refractivity contribution < 1.29 is 5.11 Å². The first-order valence-electron chi connectivity index (χ1n) is 5.89. The minimum Gasteiger partial charge on any atom is -0.394 e. The van der Waals surface area contributed by atoms with Crippen LogP contribution in [0.25, 0.3) is 0 Å². The van der Waals surface area contributed by atoms with Gasteiger partial charge in [-0.15, -0.1) is 0 Å². The van der Waals surface area contributed by atoms with Crippen molar-refractivity contribution in [2.24, 2.45) is 0 Å². The molecule has 2 rings (SSSR count). The van der Waals surface area contributed by atoms with Crippen LogP contribution in [-0.2, 0) is 6.54 Å². The largest absolute Gasteiger partial charge is 0.394 e. The number of hydrogen-bond donors (Lipinski definition) is 3. The van der Waals surface area contributed by atoms with Gasteiger partial charge < -0.3 is 16.2 Å². The van der Waals surface area contributed by atoms with E-state index in [1.165, 1.54) is 0 Å². The summed E-state index contributed by atoms with van der Waals surface area (Å²) in [6, 6.07) is 9.99. The number of rotatable bonds is 4. The highest BCUT2D eigenvalue weighted by molar-refractivity contribution is 5.65. The van der Waals surface area contributed by atoms with Crippen molar-refractivity contribution in [1.29, 1.82) is 0 Å². The molecular weight excluding hydrogens is 228 g/mol. The molecule has 0 aliphatic rings. The molecule has 1 aromatic carbocycles. The zero-order valence-electron chi connectivity index (χ0n) is 10.6. The van der Waals surface area contributed by atoms with Crippen LogP contribution in [0.1, 0.15) is 18.2 Å². The summed E-state index contributed by atoms with van der Waals surface area (Å²) in [6.07, 6.45) is -0.669. The molecule has 18 heavy (non-hydrogen) atoms. The molecule has 0 saturated heterocycles. The Balaban J connectivity index is 2.30. The molecule has 0 amide bonds. The Hall–Kier alpha value is -2.01. The van der Waals surface area contributed by atoms with E-state index in [0.29, 0.717) is 18.1 Å². The fourth-order valence-electron chi connectivity index (χ4n) is 1.82. The van der Waals surface area contributed by atoms with Crippen molar-refractivity contribution in [1.82, 2.24) is 9.78 Å². The quantitative estimate of drug-likeness (QED) is 0.716. The molecule has 5 nitrogen and oxygen atoms in total. The number of aromatic nitrogens is 2. The summed E-state index contributed by atoms with van der Waals surface area (Å²) < 4.78 is 1.77. The van der Waals surface area contributed by atoms with Gasteiger partial charge in [0.25, 0.3) is 0 Å².